The Kier molecular flexibility index (Phi) is 6.08. The lowest BCUT2D eigenvalue weighted by Crippen LogP contribution is -2.37. The van der Waals surface area contributed by atoms with Crippen molar-refractivity contribution in [3.8, 4) is 22.7 Å². The summed E-state index contributed by atoms with van der Waals surface area (Å²) < 4.78 is 6.92. The van der Waals surface area contributed by atoms with Crippen LogP contribution in [-0.4, -0.2) is 26.6 Å². The van der Waals surface area contributed by atoms with Gasteiger partial charge >= 0.3 is 0 Å². The second-order valence-corrected chi connectivity index (χ2v) is 11.5. The van der Waals surface area contributed by atoms with Gasteiger partial charge in [-0.05, 0) is 61.2 Å². The fourth-order valence-electron chi connectivity index (χ4n) is 6.41. The molecule has 7 nitrogen and oxygen atoms in total. The standard InChI is InChI=1S/C32H28N4O3S/c1-39-22-14-12-21(13-15-22)36-30(38)24-10-4-5-11-25(24)33-31(36)40-19-26-34-28-23-9-3-2-8-20(23)18-32(16-6-7-17-32)27(28)29(37)35-26/h2-5,8-15H,6-7,16-19H2,1H3,(H,34,35,37). The van der Waals surface area contributed by atoms with Gasteiger partial charge in [0.05, 0.1) is 40.7 Å². The van der Waals surface area contributed by atoms with E-state index in [-0.39, 0.29) is 16.5 Å². The Morgan fingerprint density at radius 3 is 2.50 bits per heavy atom. The van der Waals surface area contributed by atoms with Crippen LogP contribution in [0.2, 0.25) is 0 Å². The number of hydrogen-bond acceptors (Lipinski definition) is 6. The monoisotopic (exact) mass is 548 g/mol. The average molecular weight is 549 g/mol. The van der Waals surface area contributed by atoms with E-state index in [0.29, 0.717) is 39.1 Å². The van der Waals surface area contributed by atoms with E-state index >= 15 is 0 Å². The number of nitrogens with zero attached hydrogens (tertiary/aromatic N) is 3. The highest BCUT2D eigenvalue weighted by molar-refractivity contribution is 7.98. The molecule has 1 fully saturated rings. The lowest BCUT2D eigenvalue weighted by atomic mass is 9.68. The van der Waals surface area contributed by atoms with E-state index in [1.54, 1.807) is 17.7 Å². The maximum Gasteiger partial charge on any atom is 0.266 e. The number of H-pyrrole nitrogens is 1. The van der Waals surface area contributed by atoms with Gasteiger partial charge in [0.2, 0.25) is 0 Å². The molecule has 1 saturated carbocycles. The molecule has 0 unspecified atom stereocenters. The minimum absolute atomic E-state index is 0.0454. The van der Waals surface area contributed by atoms with Crippen molar-refractivity contribution < 1.29 is 4.74 Å². The van der Waals surface area contributed by atoms with Crippen LogP contribution in [0.5, 0.6) is 5.75 Å². The fraction of sp³-hybridized carbons (Fsp3) is 0.250. The van der Waals surface area contributed by atoms with Gasteiger partial charge in [-0.1, -0.05) is 61.0 Å². The second-order valence-electron chi connectivity index (χ2n) is 10.6. The zero-order chi connectivity index (χ0) is 27.3. The predicted octanol–water partition coefficient (Wildman–Crippen LogP) is 5.80. The number of aromatic amines is 1. The van der Waals surface area contributed by atoms with Gasteiger partial charge in [0, 0.05) is 11.0 Å². The SMILES string of the molecule is COc1ccc(-n2c(SCc3nc4c(c(=O)[nH]3)C3(CCCC3)Cc3ccccc3-4)nc3ccccc3c2=O)cc1. The Labute approximate surface area is 235 Å². The molecular formula is C32H28N4O3S. The normalized spacial score (nSPS) is 15.2. The molecule has 0 atom stereocenters. The summed E-state index contributed by atoms with van der Waals surface area (Å²) in [6.45, 7) is 0. The highest BCUT2D eigenvalue weighted by atomic mass is 32.2. The van der Waals surface area contributed by atoms with Crippen molar-refractivity contribution in [3.05, 3.63) is 110 Å². The second kappa shape index (κ2) is 9.78. The Hall–Kier alpha value is -4.17. The molecule has 40 heavy (non-hydrogen) atoms. The molecule has 0 amide bonds. The molecule has 0 bridgehead atoms. The first kappa shape index (κ1) is 24.8. The molecule has 1 spiro atoms. The third kappa shape index (κ3) is 4.05. The maximum atomic E-state index is 13.7. The minimum Gasteiger partial charge on any atom is -0.497 e. The number of para-hydroxylation sites is 1. The molecule has 1 N–H and O–H groups in total. The third-order valence-corrected chi connectivity index (χ3v) is 9.22. The molecule has 2 aliphatic rings. The van der Waals surface area contributed by atoms with Crippen molar-refractivity contribution in [2.45, 2.75) is 48.4 Å². The highest BCUT2D eigenvalue weighted by Crippen LogP contribution is 2.49. The van der Waals surface area contributed by atoms with Gasteiger partial charge < -0.3 is 9.72 Å². The van der Waals surface area contributed by atoms with Gasteiger partial charge in [-0.2, -0.15) is 0 Å². The minimum atomic E-state index is -0.151. The summed E-state index contributed by atoms with van der Waals surface area (Å²) in [5, 5.41) is 1.07. The van der Waals surface area contributed by atoms with Crippen molar-refractivity contribution in [1.29, 1.82) is 0 Å². The van der Waals surface area contributed by atoms with Crippen LogP contribution in [-0.2, 0) is 17.6 Å². The van der Waals surface area contributed by atoms with Gasteiger partial charge in [0.15, 0.2) is 5.16 Å². The van der Waals surface area contributed by atoms with Crippen molar-refractivity contribution in [1.82, 2.24) is 19.5 Å². The first-order chi connectivity index (χ1) is 19.6. The van der Waals surface area contributed by atoms with E-state index in [1.165, 1.54) is 17.3 Å². The number of fused-ring (bicyclic) bond motifs is 5. The van der Waals surface area contributed by atoms with E-state index < -0.39 is 0 Å². The number of methoxy groups -OCH3 is 1. The van der Waals surface area contributed by atoms with Crippen LogP contribution in [0.4, 0.5) is 0 Å². The Balaban J connectivity index is 1.31. The molecule has 0 radical (unpaired) electrons. The van der Waals surface area contributed by atoms with Crippen molar-refractivity contribution in [2.75, 3.05) is 7.11 Å². The van der Waals surface area contributed by atoms with Crippen molar-refractivity contribution >= 4 is 22.7 Å². The molecule has 3 aromatic carbocycles. The molecular weight excluding hydrogens is 520 g/mol. The highest BCUT2D eigenvalue weighted by Gasteiger charge is 2.43. The van der Waals surface area contributed by atoms with E-state index in [4.69, 9.17) is 14.7 Å². The number of rotatable bonds is 5. The lowest BCUT2D eigenvalue weighted by molar-refractivity contribution is 0.414. The summed E-state index contributed by atoms with van der Waals surface area (Å²) in [5.74, 6) is 1.64. The Morgan fingerprint density at radius 1 is 0.950 bits per heavy atom. The molecule has 8 heteroatoms. The molecule has 0 aliphatic heterocycles. The topological polar surface area (TPSA) is 89.9 Å². The summed E-state index contributed by atoms with van der Waals surface area (Å²) in [5.41, 5.74) is 4.95. The Morgan fingerprint density at radius 2 is 1.70 bits per heavy atom. The van der Waals surface area contributed by atoms with Gasteiger partial charge in [0.25, 0.3) is 11.1 Å². The summed E-state index contributed by atoms with van der Waals surface area (Å²) in [6, 6.07) is 23.0. The number of aromatic nitrogens is 4. The maximum absolute atomic E-state index is 13.7. The van der Waals surface area contributed by atoms with Crippen LogP contribution in [0.15, 0.2) is 87.5 Å². The number of thioether (sulfide) groups is 1. The average Bonchev–Trinajstić information content (AvgIpc) is 3.44. The molecule has 5 aromatic rings. The van der Waals surface area contributed by atoms with E-state index in [1.807, 2.05) is 48.5 Å². The van der Waals surface area contributed by atoms with E-state index in [2.05, 4.69) is 23.2 Å². The molecule has 200 valence electrons. The molecule has 7 rings (SSSR count). The van der Waals surface area contributed by atoms with Crippen LogP contribution in [0.1, 0.15) is 42.6 Å². The predicted molar refractivity (Wildman–Crippen MR) is 158 cm³/mol. The van der Waals surface area contributed by atoms with Crippen molar-refractivity contribution in [2.24, 2.45) is 0 Å². The van der Waals surface area contributed by atoms with Gasteiger partial charge in [0.1, 0.15) is 11.6 Å². The molecule has 2 heterocycles. The molecule has 2 aliphatic carbocycles. The number of ether oxygens (including phenoxy) is 1. The largest absolute Gasteiger partial charge is 0.497 e. The smallest absolute Gasteiger partial charge is 0.266 e. The Bertz CT molecular complexity index is 1870. The zero-order valence-corrected chi connectivity index (χ0v) is 23.0. The van der Waals surface area contributed by atoms with Crippen LogP contribution in [0.25, 0.3) is 27.8 Å². The van der Waals surface area contributed by atoms with Gasteiger partial charge in [-0.25, -0.2) is 9.97 Å². The first-order valence-electron chi connectivity index (χ1n) is 13.6. The fourth-order valence-corrected chi connectivity index (χ4v) is 7.30. The number of benzene rings is 3. The van der Waals surface area contributed by atoms with Crippen LogP contribution in [0, 0.1) is 0 Å². The summed E-state index contributed by atoms with van der Waals surface area (Å²) in [6.07, 6.45) is 5.19. The first-order valence-corrected chi connectivity index (χ1v) is 14.6. The van der Waals surface area contributed by atoms with Crippen LogP contribution in [0.3, 0.4) is 0 Å². The molecule has 2 aromatic heterocycles. The zero-order valence-electron chi connectivity index (χ0n) is 22.1. The quantitative estimate of drug-likeness (QED) is 0.220. The van der Waals surface area contributed by atoms with Crippen LogP contribution >= 0.6 is 11.8 Å². The molecule has 0 saturated heterocycles. The van der Waals surface area contributed by atoms with Crippen LogP contribution < -0.4 is 15.9 Å². The van der Waals surface area contributed by atoms with E-state index in [9.17, 15) is 9.59 Å². The lowest BCUT2D eigenvalue weighted by Gasteiger charge is -2.35. The number of nitrogens with one attached hydrogen (secondary N) is 1. The van der Waals surface area contributed by atoms with Gasteiger partial charge in [-0.3, -0.25) is 14.2 Å². The van der Waals surface area contributed by atoms with Crippen molar-refractivity contribution in [3.63, 3.8) is 0 Å². The van der Waals surface area contributed by atoms with E-state index in [0.717, 1.165) is 48.9 Å². The summed E-state index contributed by atoms with van der Waals surface area (Å²) >= 11 is 1.39. The number of hydrogen-bond donors (Lipinski definition) is 1. The third-order valence-electron chi connectivity index (χ3n) is 8.27. The van der Waals surface area contributed by atoms with Gasteiger partial charge in [-0.15, -0.1) is 0 Å². The summed E-state index contributed by atoms with van der Waals surface area (Å²) in [7, 11) is 1.61. The summed E-state index contributed by atoms with van der Waals surface area (Å²) in [4.78, 5) is 40.3.